The molecule has 0 radical (unpaired) electrons. The number of nitriles is 1. The first-order valence-corrected chi connectivity index (χ1v) is 8.83. The van der Waals surface area contributed by atoms with Crippen LogP contribution in [0.4, 0.5) is 0 Å². The predicted molar refractivity (Wildman–Crippen MR) is 104 cm³/mol. The Morgan fingerprint density at radius 2 is 2.07 bits per heavy atom. The van der Waals surface area contributed by atoms with Gasteiger partial charge in [0.2, 0.25) is 0 Å². The second kappa shape index (κ2) is 6.87. The molecule has 2 aromatic carbocycles. The fourth-order valence-corrected chi connectivity index (χ4v) is 3.42. The Morgan fingerprint density at radius 1 is 1.29 bits per heavy atom. The van der Waals surface area contributed by atoms with Gasteiger partial charge in [0.05, 0.1) is 18.2 Å². The van der Waals surface area contributed by atoms with Crippen LogP contribution in [0.5, 0.6) is 0 Å². The summed E-state index contributed by atoms with van der Waals surface area (Å²) in [6.45, 7) is 2.10. The summed E-state index contributed by atoms with van der Waals surface area (Å²) < 4.78 is 7.68. The molecule has 0 unspecified atom stereocenters. The first-order chi connectivity index (χ1) is 13.5. The molecular formula is C21H14ClN3O3. The highest BCUT2D eigenvalue weighted by Gasteiger charge is 2.16. The fraction of sp³-hybridized carbons (Fsp3) is 0.0952. The monoisotopic (exact) mass is 391 g/mol. The minimum Gasteiger partial charge on any atom is -0.476 e. The van der Waals surface area contributed by atoms with Crippen LogP contribution in [0.1, 0.15) is 27.3 Å². The number of carboxylic acids is 1. The number of fused-ring (bicyclic) bond motifs is 1. The first-order valence-electron chi connectivity index (χ1n) is 8.45. The van der Waals surface area contributed by atoms with E-state index in [9.17, 15) is 10.1 Å². The quantitative estimate of drug-likeness (QED) is 0.535. The van der Waals surface area contributed by atoms with Crippen molar-refractivity contribution in [2.45, 2.75) is 13.5 Å². The van der Waals surface area contributed by atoms with Crippen molar-refractivity contribution in [1.82, 2.24) is 9.78 Å². The largest absolute Gasteiger partial charge is 0.476 e. The Labute approximate surface area is 165 Å². The number of benzene rings is 2. The maximum atomic E-state index is 11.2. The molecule has 0 aliphatic rings. The van der Waals surface area contributed by atoms with Crippen molar-refractivity contribution in [1.29, 1.82) is 5.26 Å². The van der Waals surface area contributed by atoms with Gasteiger partial charge in [-0.1, -0.05) is 23.7 Å². The van der Waals surface area contributed by atoms with Gasteiger partial charge in [-0.3, -0.25) is 4.68 Å². The summed E-state index contributed by atoms with van der Waals surface area (Å²) in [5.41, 5.74) is 3.31. The van der Waals surface area contributed by atoms with E-state index in [1.165, 1.54) is 6.07 Å². The van der Waals surface area contributed by atoms with Gasteiger partial charge in [0.25, 0.3) is 0 Å². The lowest BCUT2D eigenvalue weighted by molar-refractivity contribution is 0.0689. The average molecular weight is 392 g/mol. The lowest BCUT2D eigenvalue weighted by Gasteiger charge is -2.06. The standard InChI is InChI=1S/C21H14ClN3O3/c1-12-6-18(21(26)27)24-25(12)11-15-8-16(22)7-14-9-19(28-20(14)15)17-5-3-2-4-13(17)10-23/h2-9H,11H2,1H3,(H,26,27). The number of carboxylic acid groups (broad SMARTS) is 1. The molecule has 2 aromatic heterocycles. The maximum absolute atomic E-state index is 11.2. The van der Waals surface area contributed by atoms with Gasteiger partial charge in [-0.25, -0.2) is 4.79 Å². The summed E-state index contributed by atoms with van der Waals surface area (Å²) >= 11 is 6.28. The fourth-order valence-electron chi connectivity index (χ4n) is 3.17. The van der Waals surface area contributed by atoms with Crippen molar-refractivity contribution in [3.63, 3.8) is 0 Å². The third-order valence-electron chi connectivity index (χ3n) is 4.49. The van der Waals surface area contributed by atoms with Crippen molar-refractivity contribution >= 4 is 28.5 Å². The van der Waals surface area contributed by atoms with Crippen molar-refractivity contribution in [2.24, 2.45) is 0 Å². The Bertz CT molecular complexity index is 1260. The summed E-state index contributed by atoms with van der Waals surface area (Å²) in [5.74, 6) is -0.509. The molecule has 0 spiro atoms. The first kappa shape index (κ1) is 17.8. The van der Waals surface area contributed by atoms with E-state index in [1.807, 2.05) is 18.2 Å². The van der Waals surface area contributed by atoms with E-state index in [2.05, 4.69) is 11.2 Å². The summed E-state index contributed by atoms with van der Waals surface area (Å²) in [6, 6.07) is 16.3. The molecule has 2 heterocycles. The number of hydrogen-bond acceptors (Lipinski definition) is 4. The van der Waals surface area contributed by atoms with E-state index in [1.54, 1.807) is 35.9 Å². The molecule has 7 heteroatoms. The minimum atomic E-state index is -1.08. The summed E-state index contributed by atoms with van der Waals surface area (Å²) in [6.07, 6.45) is 0. The van der Waals surface area contributed by atoms with E-state index in [0.717, 1.165) is 10.9 Å². The minimum absolute atomic E-state index is 0.0150. The van der Waals surface area contributed by atoms with E-state index >= 15 is 0 Å². The number of hydrogen-bond donors (Lipinski definition) is 1. The van der Waals surface area contributed by atoms with Crippen LogP contribution in [-0.2, 0) is 6.54 Å². The molecule has 0 aliphatic heterocycles. The Morgan fingerprint density at radius 3 is 2.79 bits per heavy atom. The number of nitrogens with zero attached hydrogens (tertiary/aromatic N) is 3. The molecule has 0 bridgehead atoms. The highest BCUT2D eigenvalue weighted by Crippen LogP contribution is 2.34. The third-order valence-corrected chi connectivity index (χ3v) is 4.71. The molecule has 0 saturated heterocycles. The number of furan rings is 1. The highest BCUT2D eigenvalue weighted by molar-refractivity contribution is 6.31. The van der Waals surface area contributed by atoms with Crippen LogP contribution in [0, 0.1) is 18.3 Å². The lowest BCUT2D eigenvalue weighted by atomic mass is 10.1. The smallest absolute Gasteiger partial charge is 0.356 e. The lowest BCUT2D eigenvalue weighted by Crippen LogP contribution is -2.06. The van der Waals surface area contributed by atoms with Crippen LogP contribution >= 0.6 is 11.6 Å². The Hall–Kier alpha value is -3.56. The van der Waals surface area contributed by atoms with Crippen molar-refractivity contribution < 1.29 is 14.3 Å². The normalized spacial score (nSPS) is 10.9. The zero-order valence-electron chi connectivity index (χ0n) is 14.8. The van der Waals surface area contributed by atoms with E-state index in [4.69, 9.17) is 21.1 Å². The van der Waals surface area contributed by atoms with Crippen LogP contribution in [-0.4, -0.2) is 20.9 Å². The zero-order chi connectivity index (χ0) is 19.8. The van der Waals surface area contributed by atoms with Gasteiger partial charge in [0.1, 0.15) is 11.3 Å². The molecule has 6 nitrogen and oxygen atoms in total. The van der Waals surface area contributed by atoms with Gasteiger partial charge >= 0.3 is 5.97 Å². The van der Waals surface area contributed by atoms with Crippen LogP contribution in [0.2, 0.25) is 5.02 Å². The molecule has 0 aliphatic carbocycles. The summed E-state index contributed by atoms with van der Waals surface area (Å²) in [7, 11) is 0. The Kier molecular flexibility index (Phi) is 4.38. The molecule has 0 fully saturated rings. The van der Waals surface area contributed by atoms with Crippen LogP contribution in [0.25, 0.3) is 22.3 Å². The van der Waals surface area contributed by atoms with E-state index in [-0.39, 0.29) is 5.69 Å². The van der Waals surface area contributed by atoms with Crippen molar-refractivity contribution in [2.75, 3.05) is 0 Å². The van der Waals surface area contributed by atoms with Gasteiger partial charge in [-0.15, -0.1) is 0 Å². The van der Waals surface area contributed by atoms with Gasteiger partial charge in [-0.05, 0) is 43.3 Å². The molecular weight excluding hydrogens is 378 g/mol. The molecule has 0 atom stereocenters. The number of aromatic nitrogens is 2. The van der Waals surface area contributed by atoms with Crippen LogP contribution < -0.4 is 0 Å². The third kappa shape index (κ3) is 3.13. The molecule has 4 rings (SSSR count). The second-order valence-corrected chi connectivity index (χ2v) is 6.82. The number of halogens is 1. The SMILES string of the molecule is Cc1cc(C(=O)O)nn1Cc1cc(Cl)cc2cc(-c3ccccc3C#N)oc12. The maximum Gasteiger partial charge on any atom is 0.356 e. The molecule has 0 saturated carbocycles. The van der Waals surface area contributed by atoms with Crippen LogP contribution in [0.15, 0.2) is 52.9 Å². The summed E-state index contributed by atoms with van der Waals surface area (Å²) in [5, 5.41) is 24.0. The number of aromatic carboxylic acids is 1. The average Bonchev–Trinajstić information content (AvgIpc) is 3.25. The predicted octanol–water partition coefficient (Wildman–Crippen LogP) is 4.88. The van der Waals surface area contributed by atoms with Crippen molar-refractivity contribution in [3.05, 3.63) is 76.1 Å². The molecule has 0 amide bonds. The van der Waals surface area contributed by atoms with Gasteiger partial charge in [0.15, 0.2) is 5.69 Å². The Balaban J connectivity index is 1.83. The highest BCUT2D eigenvalue weighted by atomic mass is 35.5. The van der Waals surface area contributed by atoms with E-state index in [0.29, 0.717) is 39.7 Å². The molecule has 138 valence electrons. The zero-order valence-corrected chi connectivity index (χ0v) is 15.6. The van der Waals surface area contributed by atoms with Gasteiger partial charge in [0, 0.05) is 27.2 Å². The van der Waals surface area contributed by atoms with Crippen molar-refractivity contribution in [3.8, 4) is 17.4 Å². The summed E-state index contributed by atoms with van der Waals surface area (Å²) in [4.78, 5) is 11.2. The topological polar surface area (TPSA) is 92.0 Å². The number of rotatable bonds is 4. The molecule has 28 heavy (non-hydrogen) atoms. The molecule has 1 N–H and O–H groups in total. The van der Waals surface area contributed by atoms with Gasteiger partial charge in [-0.2, -0.15) is 10.4 Å². The van der Waals surface area contributed by atoms with Gasteiger partial charge < -0.3 is 9.52 Å². The number of carbonyl (C=O) groups is 1. The van der Waals surface area contributed by atoms with E-state index < -0.39 is 5.97 Å². The van der Waals surface area contributed by atoms with Crippen LogP contribution in [0.3, 0.4) is 0 Å². The number of aryl methyl sites for hydroxylation is 1. The second-order valence-electron chi connectivity index (χ2n) is 6.39. The molecule has 4 aromatic rings.